The lowest BCUT2D eigenvalue weighted by atomic mass is 10.0. The van der Waals surface area contributed by atoms with E-state index >= 15 is 0 Å². The highest BCUT2D eigenvalue weighted by atomic mass is 14.4. The van der Waals surface area contributed by atoms with Gasteiger partial charge in [-0.15, -0.1) is 0 Å². The summed E-state index contributed by atoms with van der Waals surface area (Å²) < 4.78 is 0. The van der Waals surface area contributed by atoms with Gasteiger partial charge in [0.25, 0.3) is 0 Å². The second kappa shape index (κ2) is 1.61. The molecule has 0 amide bonds. The molecule has 0 nitrogen and oxygen atoms in total. The van der Waals surface area contributed by atoms with Crippen molar-refractivity contribution < 1.29 is 0 Å². The molecule has 8 heavy (non-hydrogen) atoms. The summed E-state index contributed by atoms with van der Waals surface area (Å²) in [5.74, 6) is 1.71. The normalized spacial score (nSPS) is 20.6. The lowest BCUT2D eigenvalue weighted by molar-refractivity contribution is 0.576. The van der Waals surface area contributed by atoms with E-state index in [4.69, 9.17) is 0 Å². The van der Waals surface area contributed by atoms with E-state index in [0.29, 0.717) is 0 Å². The van der Waals surface area contributed by atoms with Gasteiger partial charge in [-0.1, -0.05) is 25.0 Å². The summed E-state index contributed by atoms with van der Waals surface area (Å²) in [6, 6.07) is 0. The van der Waals surface area contributed by atoms with Crippen LogP contribution in [-0.2, 0) is 0 Å². The van der Waals surface area contributed by atoms with Crippen molar-refractivity contribution in [1.82, 2.24) is 0 Å². The van der Waals surface area contributed by atoms with Crippen LogP contribution in [-0.4, -0.2) is 0 Å². The van der Waals surface area contributed by atoms with Crippen molar-refractivity contribution in [3.8, 4) is 0 Å². The molecule has 0 unspecified atom stereocenters. The predicted molar refractivity (Wildman–Crippen MR) is 36.7 cm³/mol. The molecule has 0 N–H and O–H groups in total. The summed E-state index contributed by atoms with van der Waals surface area (Å²) >= 11 is 0. The van der Waals surface area contributed by atoms with E-state index in [0.717, 1.165) is 11.8 Å². The summed E-state index contributed by atoms with van der Waals surface area (Å²) in [4.78, 5) is 0. The highest BCUT2D eigenvalue weighted by molar-refractivity contribution is 5.37. The van der Waals surface area contributed by atoms with E-state index in [1.54, 1.807) is 11.1 Å². The van der Waals surface area contributed by atoms with Crippen molar-refractivity contribution in [2.75, 3.05) is 0 Å². The Morgan fingerprint density at radius 1 is 1.12 bits per heavy atom. The van der Waals surface area contributed by atoms with Crippen LogP contribution < -0.4 is 0 Å². The Kier molecular flexibility index (Phi) is 1.18. The maximum atomic E-state index is 2.28. The molecule has 0 saturated carbocycles. The first kappa shape index (κ1) is 5.87. The zero-order chi connectivity index (χ0) is 6.31. The molecule has 0 fully saturated rings. The van der Waals surface area contributed by atoms with Crippen molar-refractivity contribution in [2.45, 2.75) is 27.7 Å². The maximum absolute atomic E-state index is 2.28. The van der Waals surface area contributed by atoms with Gasteiger partial charge in [-0.25, -0.2) is 0 Å². The quantitative estimate of drug-likeness (QED) is 0.455. The third-order valence-electron chi connectivity index (χ3n) is 2.14. The minimum absolute atomic E-state index is 0.843. The highest BCUT2D eigenvalue weighted by Gasteiger charge is 2.30. The fraction of sp³-hybridized carbons (Fsp3) is 0.750. The Balaban J connectivity index is 2.42. The zero-order valence-electron chi connectivity index (χ0n) is 6.15. The van der Waals surface area contributed by atoms with Crippen LogP contribution in [0.5, 0.6) is 0 Å². The number of allylic oxidation sites excluding steroid dienone is 2. The van der Waals surface area contributed by atoms with Crippen LogP contribution in [0.2, 0.25) is 0 Å². The Labute approximate surface area is 51.6 Å². The predicted octanol–water partition coefficient (Wildman–Crippen LogP) is 2.61. The summed E-state index contributed by atoms with van der Waals surface area (Å²) in [5.41, 5.74) is 3.25. The molecule has 1 aliphatic carbocycles. The van der Waals surface area contributed by atoms with E-state index < -0.39 is 0 Å². The largest absolute Gasteiger partial charge is 0.0664 e. The van der Waals surface area contributed by atoms with Crippen LogP contribution in [0.25, 0.3) is 0 Å². The molecule has 0 aliphatic heterocycles. The second-order valence-electron chi connectivity index (χ2n) is 3.09. The van der Waals surface area contributed by atoms with E-state index in [2.05, 4.69) is 27.7 Å². The molecule has 0 heteroatoms. The van der Waals surface area contributed by atoms with E-state index in [-0.39, 0.29) is 0 Å². The Bertz CT molecular complexity index is 117. The molecule has 0 aromatic carbocycles. The molecule has 0 aromatic heterocycles. The van der Waals surface area contributed by atoms with Crippen LogP contribution in [0, 0.1) is 11.8 Å². The first-order valence-electron chi connectivity index (χ1n) is 3.32. The second-order valence-corrected chi connectivity index (χ2v) is 3.09. The third kappa shape index (κ3) is 0.683. The summed E-state index contributed by atoms with van der Waals surface area (Å²) in [6.07, 6.45) is 0. The van der Waals surface area contributed by atoms with Crippen molar-refractivity contribution in [2.24, 2.45) is 11.8 Å². The van der Waals surface area contributed by atoms with Crippen LogP contribution in [0.4, 0.5) is 0 Å². The Morgan fingerprint density at radius 2 is 1.50 bits per heavy atom. The maximum Gasteiger partial charge on any atom is 0.00300 e. The van der Waals surface area contributed by atoms with Gasteiger partial charge in [0.1, 0.15) is 0 Å². The van der Waals surface area contributed by atoms with Gasteiger partial charge in [0, 0.05) is 5.92 Å². The Hall–Kier alpha value is -0.260. The molecule has 0 spiro atoms. The molecule has 46 valence electrons. The molecule has 0 heterocycles. The van der Waals surface area contributed by atoms with E-state index in [9.17, 15) is 0 Å². The molecule has 1 aliphatic rings. The fourth-order valence-corrected chi connectivity index (χ4v) is 1.50. The van der Waals surface area contributed by atoms with Crippen LogP contribution in [0.1, 0.15) is 27.7 Å². The first-order chi connectivity index (χ1) is 3.64. The van der Waals surface area contributed by atoms with Gasteiger partial charge >= 0.3 is 0 Å². The van der Waals surface area contributed by atoms with Gasteiger partial charge in [-0.2, -0.15) is 0 Å². The van der Waals surface area contributed by atoms with Crippen molar-refractivity contribution in [3.05, 3.63) is 11.1 Å². The third-order valence-corrected chi connectivity index (χ3v) is 2.14. The lowest BCUT2D eigenvalue weighted by Crippen LogP contribution is -1.92. The van der Waals surface area contributed by atoms with Gasteiger partial charge in [0.05, 0.1) is 0 Å². The molecule has 0 bridgehead atoms. The molecular formula is C8H14. The summed E-state index contributed by atoms with van der Waals surface area (Å²) in [6.45, 7) is 9.04. The van der Waals surface area contributed by atoms with Gasteiger partial charge < -0.3 is 0 Å². The summed E-state index contributed by atoms with van der Waals surface area (Å²) in [7, 11) is 0. The van der Waals surface area contributed by atoms with Crippen molar-refractivity contribution >= 4 is 0 Å². The van der Waals surface area contributed by atoms with Gasteiger partial charge in [0.2, 0.25) is 0 Å². The van der Waals surface area contributed by atoms with Crippen LogP contribution in [0.15, 0.2) is 11.1 Å². The Morgan fingerprint density at radius 3 is 1.50 bits per heavy atom. The minimum Gasteiger partial charge on any atom is -0.0664 e. The minimum atomic E-state index is 0.843. The lowest BCUT2D eigenvalue weighted by Gasteiger charge is -2.00. The first-order valence-corrected chi connectivity index (χ1v) is 3.32. The average molecular weight is 110 g/mol. The summed E-state index contributed by atoms with van der Waals surface area (Å²) in [5, 5.41) is 0. The number of rotatable bonds is 1. The molecule has 1 rings (SSSR count). The molecule has 0 aromatic rings. The number of hydrogen-bond donors (Lipinski definition) is 0. The highest BCUT2D eigenvalue weighted by Crippen LogP contribution is 2.43. The smallest absolute Gasteiger partial charge is 0.00300 e. The topological polar surface area (TPSA) is 0 Å². The van der Waals surface area contributed by atoms with Crippen LogP contribution >= 0.6 is 0 Å². The van der Waals surface area contributed by atoms with Gasteiger partial charge in [0.15, 0.2) is 0 Å². The van der Waals surface area contributed by atoms with Crippen molar-refractivity contribution in [1.29, 1.82) is 0 Å². The van der Waals surface area contributed by atoms with Gasteiger partial charge in [-0.05, 0) is 19.8 Å². The van der Waals surface area contributed by atoms with Crippen LogP contribution in [0.3, 0.4) is 0 Å². The zero-order valence-corrected chi connectivity index (χ0v) is 6.15. The average Bonchev–Trinajstić information content (AvgIpc) is 2.15. The number of hydrogen-bond acceptors (Lipinski definition) is 0. The molecule has 0 radical (unpaired) electrons. The molecule has 0 saturated heterocycles. The standard InChI is InChI=1S/C8H14/c1-5(2)8-6(3)7(8)4/h5,8H,1-4H3. The molecule has 0 atom stereocenters. The molecular weight excluding hydrogens is 96.1 g/mol. The van der Waals surface area contributed by atoms with Gasteiger partial charge in [-0.3, -0.25) is 0 Å². The van der Waals surface area contributed by atoms with E-state index in [1.165, 1.54) is 0 Å². The SMILES string of the molecule is CC1=C(C)C1C(C)C. The van der Waals surface area contributed by atoms with E-state index in [1.807, 2.05) is 0 Å². The fourth-order valence-electron chi connectivity index (χ4n) is 1.50. The van der Waals surface area contributed by atoms with Crippen molar-refractivity contribution in [3.63, 3.8) is 0 Å². The monoisotopic (exact) mass is 110 g/mol.